The summed E-state index contributed by atoms with van der Waals surface area (Å²) in [6.07, 6.45) is 35.6. The molecule has 14 heterocycles. The van der Waals surface area contributed by atoms with Crippen LogP contribution in [0.3, 0.4) is 0 Å². The quantitative estimate of drug-likeness (QED) is 0.0907. The maximum Gasteiger partial charge on any atom is 0.407 e. The number of ether oxygens (including phenoxy) is 1. The number of nitrogens with zero attached hydrogens (tertiary/aromatic N) is 21. The van der Waals surface area contributed by atoms with Gasteiger partial charge in [0.15, 0.2) is 45.2 Å². The predicted octanol–water partition coefficient (Wildman–Crippen LogP) is 8.29. The minimum absolute atomic E-state index is 0. The fourth-order valence-corrected chi connectivity index (χ4v) is 11.0. The van der Waals surface area contributed by atoms with E-state index in [1.54, 1.807) is 66.8 Å². The van der Waals surface area contributed by atoms with Crippen LogP contribution in [0.15, 0.2) is 172 Å². The third-order valence-corrected chi connectivity index (χ3v) is 15.7. The Hall–Kier alpha value is -11.0. The van der Waals surface area contributed by atoms with Gasteiger partial charge in [-0.25, -0.2) is 68.8 Å². The van der Waals surface area contributed by atoms with E-state index in [0.29, 0.717) is 23.9 Å². The van der Waals surface area contributed by atoms with E-state index in [2.05, 4.69) is 97.6 Å². The zero-order chi connectivity index (χ0) is 66.3. The van der Waals surface area contributed by atoms with Gasteiger partial charge in [0.25, 0.3) is 11.7 Å². The highest BCUT2D eigenvalue weighted by Crippen LogP contribution is 2.25. The number of carbonyl (C=O) groups excluding carboxylic acids is 2. The molecule has 31 heteroatoms. The lowest BCUT2D eigenvalue weighted by atomic mass is 10.2. The lowest BCUT2D eigenvalue weighted by molar-refractivity contribution is 0.0508. The minimum atomic E-state index is -1.13. The summed E-state index contributed by atoms with van der Waals surface area (Å²) in [5.74, 6) is 2.12. The number of nitrogens with two attached hydrogens (primary N) is 1. The van der Waals surface area contributed by atoms with Crippen LogP contribution in [0.2, 0.25) is 5.15 Å². The van der Waals surface area contributed by atoms with E-state index in [1.165, 1.54) is 30.5 Å². The molecule has 0 unspecified atom stereocenters. The van der Waals surface area contributed by atoms with E-state index in [4.69, 9.17) is 27.2 Å². The molecule has 30 nitrogen and oxygen atoms in total. The number of fused-ring (bicyclic) bond motifs is 4. The van der Waals surface area contributed by atoms with Crippen LogP contribution >= 0.6 is 11.6 Å². The van der Waals surface area contributed by atoms with Crippen LogP contribution in [0.1, 0.15) is 96.9 Å². The van der Waals surface area contributed by atoms with Gasteiger partial charge in [-0.2, -0.15) is 0 Å². The Morgan fingerprint density at radius 1 is 0.541 bits per heavy atom. The Balaban J connectivity index is 0.000000157. The summed E-state index contributed by atoms with van der Waals surface area (Å²) in [6, 6.07) is 19.1. The lowest BCUT2D eigenvalue weighted by Gasteiger charge is -2.22. The summed E-state index contributed by atoms with van der Waals surface area (Å²) in [7, 11) is 0. The number of imidazole rings is 4. The van der Waals surface area contributed by atoms with Crippen LogP contribution in [0, 0.1) is 5.92 Å². The van der Waals surface area contributed by atoms with Crippen LogP contribution < -0.4 is 36.4 Å². The molecule has 0 bridgehead atoms. The zero-order valence-corrected chi connectivity index (χ0v) is 53.6. The van der Waals surface area contributed by atoms with Crippen molar-refractivity contribution in [1.29, 1.82) is 0 Å². The molecule has 10 aromatic heterocycles. The van der Waals surface area contributed by atoms with Crippen molar-refractivity contribution in [3.05, 3.63) is 189 Å². The first kappa shape index (κ1) is 72.8. The topological polar surface area (TPSA) is 335 Å². The van der Waals surface area contributed by atoms with Crippen LogP contribution in [0.5, 0.6) is 0 Å². The molecule has 6 N–H and O–H groups in total. The third-order valence-electron chi connectivity index (χ3n) is 15.4. The fraction of sp³-hybridized carbons (Fsp3) is 0.358. The number of anilines is 3. The van der Waals surface area contributed by atoms with Crippen LogP contribution in [-0.4, -0.2) is 186 Å². The highest BCUT2D eigenvalue weighted by molar-refractivity contribution is 6.32. The number of hydrogen-bond acceptors (Lipinski definition) is 21. The summed E-state index contributed by atoms with van der Waals surface area (Å²) in [6.45, 7) is 15.2. The third kappa shape index (κ3) is 18.9. The molecule has 516 valence electrons. The van der Waals surface area contributed by atoms with Crippen molar-refractivity contribution in [2.75, 3.05) is 67.1 Å². The maximum atomic E-state index is 12.6. The number of alkyl carbamates (subject to hydrolysis) is 1. The molecule has 16 rings (SSSR count). The zero-order valence-electron chi connectivity index (χ0n) is 52.9. The van der Waals surface area contributed by atoms with E-state index in [-0.39, 0.29) is 64.1 Å². The molecule has 0 spiro atoms. The van der Waals surface area contributed by atoms with Gasteiger partial charge in [0, 0.05) is 151 Å². The number of aromatic carboxylic acids is 1. The van der Waals surface area contributed by atoms with Crippen LogP contribution in [0.25, 0.3) is 34.0 Å². The summed E-state index contributed by atoms with van der Waals surface area (Å²) in [5, 5.41) is 26.3. The highest BCUT2D eigenvalue weighted by atomic mass is 35.5. The minimum Gasteiger partial charge on any atom is -0.475 e. The lowest BCUT2D eigenvalue weighted by Crippen LogP contribution is -2.40. The van der Waals surface area contributed by atoms with Crippen LogP contribution in [-0.2, 0) is 4.74 Å². The molecule has 0 radical (unpaired) electrons. The standard InChI is InChI=1S/C19H18N8O.C15H21N5O2.C10H13N5.C9H7N3O2.C6H4ClN3.C5H11N.3CH4/c28-19(16-22-13-27(24-16)15-4-2-1-3-5-15)23-14-6-9-26(12-14)18-17-20-7-10-25(17)11-8-21-18;1-15(2,3)22-14(21)18-11-4-7-20(10-11)13-12-16-5-8-19(12)9-6-17-13;11-8-1-4-15(7-8)10-9-12-2-5-14(9)6-3-13-10;13-9(14)8-10-6-12(11-8)7-4-2-1-3-5-7;7-5-6-9-2-4-10(6)3-1-8-5;1-5-2-3-6-4-5;;;/h1-5,7-8,10-11,13-14H,6,9,12H2,(H,23,28);5-6,8-9,11H,4,7,10H2,1-3H3,(H,18,21);2-3,5-6,8H,1,4,7,11H2;1-6H,(H,13,14);1-4H;5-6H,2-4H2,1H3;3*1H4/t14-;11-;8-;;;5-;;;/m000..0.../s1. The van der Waals surface area contributed by atoms with Crippen LogP contribution in [0.4, 0.5) is 22.2 Å². The molecule has 4 saturated heterocycles. The second-order valence-electron chi connectivity index (χ2n) is 23.7. The molecule has 4 fully saturated rings. The largest absolute Gasteiger partial charge is 0.475 e. The summed E-state index contributed by atoms with van der Waals surface area (Å²) >= 11 is 5.70. The summed E-state index contributed by atoms with van der Waals surface area (Å²) in [5.41, 5.74) is 10.3. The number of carboxylic acid groups (broad SMARTS) is 1. The first-order chi connectivity index (χ1) is 46.1. The summed E-state index contributed by atoms with van der Waals surface area (Å²) in [4.78, 5) is 83.4. The number of hydrogen-bond donors (Lipinski definition) is 5. The van der Waals surface area contributed by atoms with Gasteiger partial charge in [0.1, 0.15) is 18.3 Å². The first-order valence-electron chi connectivity index (χ1n) is 31.0. The smallest absolute Gasteiger partial charge is 0.407 e. The number of aromatic nitrogens is 18. The molecule has 0 saturated carbocycles. The number of carboxylic acids is 1. The van der Waals surface area contributed by atoms with Crippen molar-refractivity contribution >= 4 is 69.6 Å². The number of para-hydroxylation sites is 2. The molecule has 4 atom stereocenters. The SMILES string of the molecule is C.C.C.CC(C)(C)OC(=O)N[C@H]1CCN(c2nccn3ccnc23)C1.C[C@H]1CCNC1.Clc1nccn2ccnc12.N[C@H]1CCN(c2nccn3ccnc23)C1.O=C(N[C@H]1CCN(c2nccn3ccnc23)C1)c1ncn(-c2ccccc2)n1.O=C(O)c1ncn(-c2ccccc2)n1. The number of nitrogens with one attached hydrogen (secondary N) is 3. The molecule has 0 aliphatic carbocycles. The van der Waals surface area contributed by atoms with Gasteiger partial charge in [-0.15, -0.1) is 10.2 Å². The molecule has 98 heavy (non-hydrogen) atoms. The first-order valence-corrected chi connectivity index (χ1v) is 31.4. The fourth-order valence-electron chi connectivity index (χ4n) is 10.8. The maximum absolute atomic E-state index is 12.6. The predicted molar refractivity (Wildman–Crippen MR) is 376 cm³/mol. The van der Waals surface area contributed by atoms with Gasteiger partial charge in [-0.05, 0) is 89.7 Å². The number of rotatable bonds is 9. The Morgan fingerprint density at radius 3 is 1.35 bits per heavy atom. The van der Waals surface area contributed by atoms with E-state index in [1.807, 2.05) is 142 Å². The molecule has 12 aromatic rings. The molecule has 2 aromatic carbocycles. The second kappa shape index (κ2) is 34.1. The molecular formula is C67H86ClN25O5. The van der Waals surface area contributed by atoms with E-state index in [9.17, 15) is 14.4 Å². The normalized spacial score (nSPS) is 16.8. The van der Waals surface area contributed by atoms with Crippen molar-refractivity contribution in [2.45, 2.75) is 99.4 Å². The number of halogens is 1. The van der Waals surface area contributed by atoms with E-state index in [0.717, 1.165) is 97.1 Å². The molecule has 4 aliphatic rings. The molecule has 4 aliphatic heterocycles. The number of benzene rings is 2. The Morgan fingerprint density at radius 2 is 0.949 bits per heavy atom. The van der Waals surface area contributed by atoms with Crippen molar-refractivity contribution in [1.82, 2.24) is 103 Å². The average Bonchev–Trinajstić information content (AvgIpc) is 1.66. The van der Waals surface area contributed by atoms with Gasteiger partial charge >= 0.3 is 12.1 Å². The Bertz CT molecular complexity index is 4450. The average molecular weight is 1360 g/mol. The van der Waals surface area contributed by atoms with Crippen molar-refractivity contribution in [3.8, 4) is 11.4 Å². The highest BCUT2D eigenvalue weighted by Gasteiger charge is 2.30. The molecular weight excluding hydrogens is 1270 g/mol. The number of amides is 2. The van der Waals surface area contributed by atoms with Crippen molar-refractivity contribution in [2.24, 2.45) is 11.7 Å². The van der Waals surface area contributed by atoms with E-state index >= 15 is 0 Å². The monoisotopic (exact) mass is 1360 g/mol. The summed E-state index contributed by atoms with van der Waals surface area (Å²) < 4.78 is 16.0. The van der Waals surface area contributed by atoms with Gasteiger partial charge < -0.3 is 63.8 Å². The van der Waals surface area contributed by atoms with Gasteiger partial charge in [-0.3, -0.25) is 4.79 Å². The van der Waals surface area contributed by atoms with Gasteiger partial charge in [0.2, 0.25) is 5.82 Å². The van der Waals surface area contributed by atoms with Gasteiger partial charge in [0.05, 0.1) is 17.4 Å². The van der Waals surface area contributed by atoms with E-state index < -0.39 is 11.6 Å². The van der Waals surface area contributed by atoms with Gasteiger partial charge in [-0.1, -0.05) is 77.2 Å². The Labute approximate surface area is 573 Å². The Kier molecular flexibility index (Phi) is 25.4. The second-order valence-corrected chi connectivity index (χ2v) is 24.0. The van der Waals surface area contributed by atoms with Crippen molar-refractivity contribution in [3.63, 3.8) is 0 Å². The molecule has 2 amide bonds. The number of carbonyl (C=O) groups is 3. The van der Waals surface area contributed by atoms with Crippen molar-refractivity contribution < 1.29 is 24.2 Å².